The van der Waals surface area contributed by atoms with E-state index in [4.69, 9.17) is 9.97 Å². The Labute approximate surface area is 136 Å². The normalized spacial score (nSPS) is 22.8. The minimum Gasteiger partial charge on any atom is -0.369 e. The Hall–Kier alpha value is -0.390. The van der Waals surface area contributed by atoms with Crippen LogP contribution in [0, 0.1) is 9.49 Å². The average Bonchev–Trinajstić information content (AvgIpc) is 2.46. The number of nitrogens with one attached hydrogen (secondary N) is 1. The Morgan fingerprint density at radius 3 is 2.70 bits per heavy atom. The molecule has 1 aliphatic carbocycles. The Morgan fingerprint density at radius 1 is 1.25 bits per heavy atom. The van der Waals surface area contributed by atoms with Crippen molar-refractivity contribution in [3.05, 3.63) is 15.1 Å². The summed E-state index contributed by atoms with van der Waals surface area (Å²) in [5, 5.41) is 3.47. The van der Waals surface area contributed by atoms with E-state index in [0.29, 0.717) is 5.92 Å². The fourth-order valence-electron chi connectivity index (χ4n) is 2.96. The van der Waals surface area contributed by atoms with Gasteiger partial charge in [0, 0.05) is 12.5 Å². The third-order valence-corrected chi connectivity index (χ3v) is 5.25. The summed E-state index contributed by atoms with van der Waals surface area (Å²) in [7, 11) is 0. The minimum atomic E-state index is 0.559. The summed E-state index contributed by atoms with van der Waals surface area (Å²) in [5.41, 5.74) is 1.20. The largest absolute Gasteiger partial charge is 0.369 e. The van der Waals surface area contributed by atoms with Crippen LogP contribution in [0.4, 0.5) is 5.82 Å². The number of rotatable bonds is 5. The van der Waals surface area contributed by atoms with Crippen LogP contribution in [0.2, 0.25) is 0 Å². The van der Waals surface area contributed by atoms with Gasteiger partial charge in [0.25, 0.3) is 0 Å². The number of aromatic nitrogens is 2. The van der Waals surface area contributed by atoms with Crippen LogP contribution in [-0.4, -0.2) is 16.5 Å². The molecule has 2 unspecified atom stereocenters. The summed E-state index contributed by atoms with van der Waals surface area (Å²) in [5.74, 6) is 3.50. The molecule has 1 fully saturated rings. The molecule has 0 aliphatic heterocycles. The van der Waals surface area contributed by atoms with Crippen LogP contribution in [-0.2, 0) is 6.42 Å². The first-order valence-corrected chi connectivity index (χ1v) is 9.03. The molecule has 2 atom stereocenters. The quantitative estimate of drug-likeness (QED) is 0.741. The SMILES string of the molecule is CCCNc1nc(C2CCCC(C)C2)nc(CC)c1I. The van der Waals surface area contributed by atoms with Gasteiger partial charge in [0.15, 0.2) is 0 Å². The molecule has 1 aromatic rings. The molecule has 4 heteroatoms. The zero-order valence-electron chi connectivity index (χ0n) is 12.9. The smallest absolute Gasteiger partial charge is 0.143 e. The van der Waals surface area contributed by atoms with Crippen molar-refractivity contribution in [2.45, 2.75) is 65.2 Å². The molecule has 20 heavy (non-hydrogen) atoms. The number of nitrogens with zero attached hydrogens (tertiary/aromatic N) is 2. The van der Waals surface area contributed by atoms with E-state index >= 15 is 0 Å². The number of hydrogen-bond donors (Lipinski definition) is 1. The molecule has 0 saturated heterocycles. The highest BCUT2D eigenvalue weighted by Crippen LogP contribution is 2.35. The van der Waals surface area contributed by atoms with E-state index in [2.05, 4.69) is 48.7 Å². The highest BCUT2D eigenvalue weighted by molar-refractivity contribution is 14.1. The molecule has 0 radical (unpaired) electrons. The Morgan fingerprint density at radius 2 is 2.05 bits per heavy atom. The lowest BCUT2D eigenvalue weighted by Crippen LogP contribution is -2.17. The van der Waals surface area contributed by atoms with E-state index in [-0.39, 0.29) is 0 Å². The lowest BCUT2D eigenvalue weighted by Gasteiger charge is -2.26. The van der Waals surface area contributed by atoms with Crippen LogP contribution in [0.15, 0.2) is 0 Å². The van der Waals surface area contributed by atoms with Crippen molar-refractivity contribution in [3.8, 4) is 0 Å². The molecular weight excluding hydrogens is 361 g/mol. The summed E-state index contributed by atoms with van der Waals surface area (Å²) in [6, 6.07) is 0. The molecule has 112 valence electrons. The molecule has 1 N–H and O–H groups in total. The standard InChI is InChI=1S/C16H26IN3/c1-4-9-18-16-14(17)13(5-2)19-15(20-16)12-8-6-7-11(3)10-12/h11-12H,4-10H2,1-3H3,(H,18,19,20). The van der Waals surface area contributed by atoms with Crippen molar-refractivity contribution >= 4 is 28.4 Å². The van der Waals surface area contributed by atoms with E-state index in [1.54, 1.807) is 0 Å². The van der Waals surface area contributed by atoms with E-state index in [1.165, 1.54) is 34.9 Å². The number of halogens is 1. The maximum atomic E-state index is 4.86. The van der Waals surface area contributed by atoms with Crippen molar-refractivity contribution in [1.29, 1.82) is 0 Å². The van der Waals surface area contributed by atoms with Gasteiger partial charge >= 0.3 is 0 Å². The lowest BCUT2D eigenvalue weighted by atomic mass is 9.82. The maximum absolute atomic E-state index is 4.86. The van der Waals surface area contributed by atoms with Gasteiger partial charge in [-0.15, -0.1) is 0 Å². The number of anilines is 1. The molecule has 1 saturated carbocycles. The number of aryl methyl sites for hydroxylation is 1. The number of hydrogen-bond acceptors (Lipinski definition) is 3. The van der Waals surface area contributed by atoms with Gasteiger partial charge in [-0.25, -0.2) is 9.97 Å². The molecule has 0 bridgehead atoms. The lowest BCUT2D eigenvalue weighted by molar-refractivity contribution is 0.335. The molecule has 2 rings (SSSR count). The Balaban J connectivity index is 2.27. The van der Waals surface area contributed by atoms with Crippen LogP contribution in [0.1, 0.15) is 70.3 Å². The van der Waals surface area contributed by atoms with Gasteiger partial charge in [-0.3, -0.25) is 0 Å². The second-order valence-corrected chi connectivity index (χ2v) is 7.02. The molecule has 3 nitrogen and oxygen atoms in total. The predicted molar refractivity (Wildman–Crippen MR) is 93.3 cm³/mol. The van der Waals surface area contributed by atoms with E-state index in [1.807, 2.05) is 0 Å². The summed E-state index contributed by atoms with van der Waals surface area (Å²) >= 11 is 2.38. The average molecular weight is 387 g/mol. The fraction of sp³-hybridized carbons (Fsp3) is 0.750. The van der Waals surface area contributed by atoms with Gasteiger partial charge in [-0.1, -0.05) is 33.6 Å². The van der Waals surface area contributed by atoms with Crippen LogP contribution in [0.25, 0.3) is 0 Å². The predicted octanol–water partition coefficient (Wildman–Crippen LogP) is 4.76. The summed E-state index contributed by atoms with van der Waals surface area (Å²) < 4.78 is 1.20. The second-order valence-electron chi connectivity index (χ2n) is 5.94. The van der Waals surface area contributed by atoms with Crippen molar-refractivity contribution < 1.29 is 0 Å². The molecule has 1 aliphatic rings. The Bertz CT molecular complexity index is 448. The van der Waals surface area contributed by atoms with Crippen molar-refractivity contribution in [2.24, 2.45) is 5.92 Å². The molecule has 0 spiro atoms. The first kappa shape index (κ1) is 16.0. The molecule has 0 amide bonds. The van der Waals surface area contributed by atoms with Crippen molar-refractivity contribution in [3.63, 3.8) is 0 Å². The molecule has 1 aromatic heterocycles. The fourth-order valence-corrected chi connectivity index (χ4v) is 3.77. The van der Waals surface area contributed by atoms with Gasteiger partial charge in [0.1, 0.15) is 11.6 Å². The first-order chi connectivity index (χ1) is 9.65. The third kappa shape index (κ3) is 3.83. The van der Waals surface area contributed by atoms with Crippen LogP contribution in [0.5, 0.6) is 0 Å². The van der Waals surface area contributed by atoms with Gasteiger partial charge in [0.05, 0.1) is 9.26 Å². The van der Waals surface area contributed by atoms with E-state index in [9.17, 15) is 0 Å². The molecule has 1 heterocycles. The first-order valence-electron chi connectivity index (χ1n) is 7.95. The zero-order chi connectivity index (χ0) is 14.5. The van der Waals surface area contributed by atoms with Gasteiger partial charge < -0.3 is 5.32 Å². The van der Waals surface area contributed by atoms with E-state index < -0.39 is 0 Å². The van der Waals surface area contributed by atoms with Crippen LogP contribution < -0.4 is 5.32 Å². The van der Waals surface area contributed by atoms with Gasteiger partial charge in [0.2, 0.25) is 0 Å². The van der Waals surface area contributed by atoms with Crippen LogP contribution >= 0.6 is 22.6 Å². The monoisotopic (exact) mass is 387 g/mol. The third-order valence-electron chi connectivity index (χ3n) is 4.12. The van der Waals surface area contributed by atoms with E-state index in [0.717, 1.165) is 36.9 Å². The maximum Gasteiger partial charge on any atom is 0.143 e. The second kappa shape index (κ2) is 7.57. The highest BCUT2D eigenvalue weighted by Gasteiger charge is 2.24. The molecule has 0 aromatic carbocycles. The highest BCUT2D eigenvalue weighted by atomic mass is 127. The summed E-state index contributed by atoms with van der Waals surface area (Å²) in [6.07, 6.45) is 7.29. The topological polar surface area (TPSA) is 37.8 Å². The summed E-state index contributed by atoms with van der Waals surface area (Å²) in [4.78, 5) is 9.71. The summed E-state index contributed by atoms with van der Waals surface area (Å²) in [6.45, 7) is 7.71. The zero-order valence-corrected chi connectivity index (χ0v) is 15.0. The van der Waals surface area contributed by atoms with Crippen LogP contribution in [0.3, 0.4) is 0 Å². The van der Waals surface area contributed by atoms with Crippen molar-refractivity contribution in [2.75, 3.05) is 11.9 Å². The van der Waals surface area contributed by atoms with Crippen molar-refractivity contribution in [1.82, 2.24) is 9.97 Å². The van der Waals surface area contributed by atoms with Gasteiger partial charge in [-0.2, -0.15) is 0 Å². The Kier molecular flexibility index (Phi) is 6.05. The van der Waals surface area contributed by atoms with Gasteiger partial charge in [-0.05, 0) is 54.2 Å². The molecular formula is C16H26IN3. The minimum absolute atomic E-state index is 0.559.